The fourth-order valence-corrected chi connectivity index (χ4v) is 2.93. The molecular weight excluding hydrogens is 276 g/mol. The number of aromatic nitrogens is 1. The zero-order valence-corrected chi connectivity index (χ0v) is 12.9. The number of rotatable bonds is 2. The normalized spacial score (nSPS) is 16.1. The summed E-state index contributed by atoms with van der Waals surface area (Å²) in [5.74, 6) is -0.0262. The van der Waals surface area contributed by atoms with Crippen molar-refractivity contribution in [3.8, 4) is 0 Å². The molecule has 1 N–H and O–H groups in total. The topological polar surface area (TPSA) is 65.5 Å². The Hall–Kier alpha value is -1.63. The van der Waals surface area contributed by atoms with E-state index in [2.05, 4.69) is 10.3 Å². The fraction of sp³-hybridized carbons (Fsp3) is 0.615. The van der Waals surface area contributed by atoms with Crippen LogP contribution in [0.1, 0.15) is 18.5 Å². The predicted molar refractivity (Wildman–Crippen MR) is 78.9 cm³/mol. The number of amides is 3. The molecule has 1 fully saturated rings. The molecule has 20 heavy (non-hydrogen) atoms. The van der Waals surface area contributed by atoms with Crippen molar-refractivity contribution in [1.29, 1.82) is 0 Å². The molecule has 6 nitrogen and oxygen atoms in total. The van der Waals surface area contributed by atoms with E-state index in [1.54, 1.807) is 23.9 Å². The monoisotopic (exact) mass is 296 g/mol. The summed E-state index contributed by atoms with van der Waals surface area (Å²) in [7, 11) is 3.48. The number of anilines is 1. The molecule has 1 saturated heterocycles. The number of carbonyl (C=O) groups excluding carboxylic acids is 2. The average molecular weight is 296 g/mol. The Labute approximate surface area is 122 Å². The minimum absolute atomic E-state index is 0.0105. The van der Waals surface area contributed by atoms with Gasteiger partial charge in [-0.15, -0.1) is 11.3 Å². The minimum atomic E-state index is -0.0366. The lowest BCUT2D eigenvalue weighted by Crippen LogP contribution is -2.45. The Kier molecular flexibility index (Phi) is 4.59. The number of carbonyl (C=O) groups is 2. The van der Waals surface area contributed by atoms with Gasteiger partial charge in [0.15, 0.2) is 5.13 Å². The van der Waals surface area contributed by atoms with Gasteiger partial charge in [0, 0.05) is 38.5 Å². The summed E-state index contributed by atoms with van der Waals surface area (Å²) >= 11 is 1.44. The van der Waals surface area contributed by atoms with Gasteiger partial charge in [-0.25, -0.2) is 9.78 Å². The molecule has 0 aliphatic carbocycles. The molecule has 1 aliphatic heterocycles. The largest absolute Gasteiger partial charge is 0.331 e. The second-order valence-corrected chi connectivity index (χ2v) is 6.08. The molecule has 1 aromatic heterocycles. The maximum Gasteiger partial charge on any atom is 0.319 e. The number of urea groups is 1. The van der Waals surface area contributed by atoms with E-state index in [9.17, 15) is 9.59 Å². The highest BCUT2D eigenvalue weighted by molar-refractivity contribution is 7.13. The van der Waals surface area contributed by atoms with E-state index < -0.39 is 0 Å². The highest BCUT2D eigenvalue weighted by atomic mass is 32.1. The molecule has 0 bridgehead atoms. The van der Waals surface area contributed by atoms with Crippen LogP contribution in [0.4, 0.5) is 9.93 Å². The number of nitrogens with one attached hydrogen (secondary N) is 1. The van der Waals surface area contributed by atoms with Crippen molar-refractivity contribution in [2.75, 3.05) is 32.5 Å². The number of thiazole rings is 1. The van der Waals surface area contributed by atoms with E-state index in [4.69, 9.17) is 0 Å². The molecule has 3 amide bonds. The number of piperidine rings is 1. The van der Waals surface area contributed by atoms with Gasteiger partial charge in [0.25, 0.3) is 0 Å². The minimum Gasteiger partial charge on any atom is -0.331 e. The van der Waals surface area contributed by atoms with Crippen molar-refractivity contribution >= 4 is 28.4 Å². The van der Waals surface area contributed by atoms with Crippen LogP contribution in [0.5, 0.6) is 0 Å². The van der Waals surface area contributed by atoms with Crippen LogP contribution in [-0.4, -0.2) is 53.9 Å². The molecule has 2 rings (SSSR count). The summed E-state index contributed by atoms with van der Waals surface area (Å²) in [5.41, 5.74) is 0.914. The van der Waals surface area contributed by atoms with Crippen LogP contribution < -0.4 is 5.32 Å². The fourth-order valence-electron chi connectivity index (χ4n) is 2.23. The first-order chi connectivity index (χ1) is 9.47. The molecule has 1 aromatic rings. The van der Waals surface area contributed by atoms with Crippen LogP contribution in [0, 0.1) is 12.8 Å². The number of hydrogen-bond donors (Lipinski definition) is 1. The van der Waals surface area contributed by atoms with Crippen molar-refractivity contribution in [1.82, 2.24) is 14.8 Å². The van der Waals surface area contributed by atoms with E-state index in [1.165, 1.54) is 11.3 Å². The summed E-state index contributed by atoms with van der Waals surface area (Å²) in [6, 6.07) is 0.0133. The molecule has 0 unspecified atom stereocenters. The van der Waals surface area contributed by atoms with Crippen molar-refractivity contribution < 1.29 is 9.59 Å². The van der Waals surface area contributed by atoms with Gasteiger partial charge in [-0.3, -0.25) is 4.79 Å². The summed E-state index contributed by atoms with van der Waals surface area (Å²) in [4.78, 5) is 31.5. The Balaban J connectivity index is 1.84. The van der Waals surface area contributed by atoms with Crippen LogP contribution in [0.25, 0.3) is 0 Å². The van der Waals surface area contributed by atoms with E-state index in [0.717, 1.165) is 5.69 Å². The molecule has 0 saturated carbocycles. The van der Waals surface area contributed by atoms with E-state index in [1.807, 2.05) is 12.3 Å². The van der Waals surface area contributed by atoms with Crippen LogP contribution in [0.2, 0.25) is 0 Å². The second-order valence-electron chi connectivity index (χ2n) is 5.22. The summed E-state index contributed by atoms with van der Waals surface area (Å²) in [6.07, 6.45) is 1.41. The van der Waals surface area contributed by atoms with Gasteiger partial charge in [0.05, 0.1) is 5.69 Å². The lowest BCUT2D eigenvalue weighted by molar-refractivity contribution is -0.121. The van der Waals surface area contributed by atoms with Gasteiger partial charge >= 0.3 is 6.03 Å². The molecule has 110 valence electrons. The van der Waals surface area contributed by atoms with Crippen LogP contribution in [-0.2, 0) is 4.79 Å². The number of nitrogens with zero attached hydrogens (tertiary/aromatic N) is 3. The van der Waals surface area contributed by atoms with E-state index in [0.29, 0.717) is 31.1 Å². The van der Waals surface area contributed by atoms with Gasteiger partial charge in [-0.2, -0.15) is 0 Å². The van der Waals surface area contributed by atoms with Gasteiger partial charge in [-0.05, 0) is 19.8 Å². The molecule has 7 heteroatoms. The zero-order chi connectivity index (χ0) is 14.7. The zero-order valence-electron chi connectivity index (χ0n) is 12.0. The standard InChI is InChI=1S/C13H20N4O2S/c1-9-8-20-12(14-9)15-11(18)10-4-6-17(7-5-10)13(19)16(2)3/h8,10H,4-7H2,1-3H3,(H,14,15,18). The maximum atomic E-state index is 12.1. The van der Waals surface area contributed by atoms with Gasteiger partial charge in [0.2, 0.25) is 5.91 Å². The van der Waals surface area contributed by atoms with E-state index >= 15 is 0 Å². The Morgan fingerprint density at radius 2 is 2.05 bits per heavy atom. The SMILES string of the molecule is Cc1csc(NC(=O)C2CCN(C(=O)N(C)C)CC2)n1. The first kappa shape index (κ1) is 14.8. The van der Waals surface area contributed by atoms with Crippen molar-refractivity contribution in [3.63, 3.8) is 0 Å². The maximum absolute atomic E-state index is 12.1. The predicted octanol–water partition coefficient (Wildman–Crippen LogP) is 1.78. The van der Waals surface area contributed by atoms with Gasteiger partial charge in [0.1, 0.15) is 0 Å². The molecule has 1 aliphatic rings. The van der Waals surface area contributed by atoms with Crippen molar-refractivity contribution in [2.24, 2.45) is 5.92 Å². The summed E-state index contributed by atoms with van der Waals surface area (Å²) in [6.45, 7) is 3.16. The number of hydrogen-bond acceptors (Lipinski definition) is 4. The first-order valence-corrected chi connectivity index (χ1v) is 7.54. The van der Waals surface area contributed by atoms with Gasteiger partial charge < -0.3 is 15.1 Å². The number of likely N-dealkylation sites (tertiary alicyclic amines) is 1. The summed E-state index contributed by atoms with van der Waals surface area (Å²) in [5, 5.41) is 5.42. The smallest absolute Gasteiger partial charge is 0.319 e. The average Bonchev–Trinajstić information content (AvgIpc) is 2.83. The molecule has 2 heterocycles. The Bertz CT molecular complexity index is 492. The third-order valence-corrected chi connectivity index (χ3v) is 4.24. The quantitative estimate of drug-likeness (QED) is 0.904. The molecule has 0 spiro atoms. The van der Waals surface area contributed by atoms with Gasteiger partial charge in [-0.1, -0.05) is 0 Å². The summed E-state index contributed by atoms with van der Waals surface area (Å²) < 4.78 is 0. The van der Waals surface area contributed by atoms with Crippen LogP contribution in [0.3, 0.4) is 0 Å². The highest BCUT2D eigenvalue weighted by Crippen LogP contribution is 2.21. The second kappa shape index (κ2) is 6.21. The van der Waals surface area contributed by atoms with Crippen LogP contribution in [0.15, 0.2) is 5.38 Å². The molecular formula is C13H20N4O2S. The molecule has 0 aromatic carbocycles. The number of aryl methyl sites for hydroxylation is 1. The Morgan fingerprint density at radius 1 is 1.40 bits per heavy atom. The van der Waals surface area contributed by atoms with Crippen molar-refractivity contribution in [3.05, 3.63) is 11.1 Å². The lowest BCUT2D eigenvalue weighted by Gasteiger charge is -2.32. The van der Waals surface area contributed by atoms with Crippen molar-refractivity contribution in [2.45, 2.75) is 19.8 Å². The van der Waals surface area contributed by atoms with Crippen LogP contribution >= 0.6 is 11.3 Å². The molecule has 0 atom stereocenters. The van der Waals surface area contributed by atoms with E-state index in [-0.39, 0.29) is 17.9 Å². The molecule has 0 radical (unpaired) electrons. The lowest BCUT2D eigenvalue weighted by atomic mass is 9.96. The first-order valence-electron chi connectivity index (χ1n) is 6.66. The third-order valence-electron chi connectivity index (χ3n) is 3.37. The Morgan fingerprint density at radius 3 is 2.55 bits per heavy atom. The highest BCUT2D eigenvalue weighted by Gasteiger charge is 2.28. The third kappa shape index (κ3) is 3.47.